The van der Waals surface area contributed by atoms with Gasteiger partial charge in [0.1, 0.15) is 12.4 Å². The minimum atomic E-state index is -1.30. The molecule has 1 aromatic rings. The average molecular weight is 184 g/mol. The first-order valence-corrected chi connectivity index (χ1v) is 4.17. The minimum absolute atomic E-state index is 0.0977. The van der Waals surface area contributed by atoms with E-state index in [1.54, 1.807) is 12.1 Å². The molecule has 0 radical (unpaired) electrons. The molecule has 1 N–H and O–H groups in total. The lowest BCUT2D eigenvalue weighted by molar-refractivity contribution is 0.123. The summed E-state index contributed by atoms with van der Waals surface area (Å²) in [6.07, 6.45) is -1.30. The van der Waals surface area contributed by atoms with Crippen LogP contribution in [0.25, 0.3) is 0 Å². The second kappa shape index (κ2) is 4.82. The normalized spacial score (nSPS) is 12.5. The van der Waals surface area contributed by atoms with Gasteiger partial charge in [0, 0.05) is 0 Å². The Kier molecular flexibility index (Phi) is 3.71. The van der Waals surface area contributed by atoms with Crippen molar-refractivity contribution in [2.75, 3.05) is 13.2 Å². The molecule has 0 aliphatic carbocycles. The summed E-state index contributed by atoms with van der Waals surface area (Å²) < 4.78 is 17.6. The van der Waals surface area contributed by atoms with Crippen LogP contribution in [0.4, 0.5) is 4.39 Å². The Balaban J connectivity index is 2.41. The predicted octanol–water partition coefficient (Wildman–Crippen LogP) is 1.70. The molecule has 0 aromatic heterocycles. The first-order valence-electron chi connectivity index (χ1n) is 4.17. The van der Waals surface area contributed by atoms with Crippen LogP contribution >= 0.6 is 0 Å². The summed E-state index contributed by atoms with van der Waals surface area (Å²) >= 11 is 0. The van der Waals surface area contributed by atoms with Crippen molar-refractivity contribution in [3.63, 3.8) is 0 Å². The van der Waals surface area contributed by atoms with Gasteiger partial charge in [-0.25, -0.2) is 4.39 Å². The Bertz CT molecular complexity index is 246. The molecule has 0 amide bonds. The van der Waals surface area contributed by atoms with E-state index in [1.165, 1.54) is 0 Å². The first kappa shape index (κ1) is 9.99. The third-order valence-electron chi connectivity index (χ3n) is 1.65. The van der Waals surface area contributed by atoms with Crippen molar-refractivity contribution in [2.24, 2.45) is 0 Å². The molecule has 0 aliphatic rings. The van der Waals surface area contributed by atoms with Crippen molar-refractivity contribution >= 4 is 0 Å². The number of benzene rings is 1. The Hall–Kier alpha value is -1.09. The molecule has 0 saturated heterocycles. The van der Waals surface area contributed by atoms with Gasteiger partial charge in [0.25, 0.3) is 0 Å². The molecule has 0 fully saturated rings. The summed E-state index contributed by atoms with van der Waals surface area (Å²) in [5.74, 6) is 0.627. The number of aliphatic hydroxyl groups is 1. The van der Waals surface area contributed by atoms with Gasteiger partial charge in [0.2, 0.25) is 0 Å². The highest BCUT2D eigenvalue weighted by Gasteiger charge is 2.04. The topological polar surface area (TPSA) is 29.5 Å². The zero-order chi connectivity index (χ0) is 9.68. The number of halogens is 1. The molecule has 13 heavy (non-hydrogen) atoms. The zero-order valence-electron chi connectivity index (χ0n) is 7.53. The number of alkyl halides is 1. The summed E-state index contributed by atoms with van der Waals surface area (Å²) in [6.45, 7) is 1.38. The number of aliphatic hydroxyl groups excluding tert-OH is 1. The van der Waals surface area contributed by atoms with Gasteiger partial charge in [-0.15, -0.1) is 0 Å². The molecule has 0 spiro atoms. The molecular formula is C10H13FO2. The largest absolute Gasteiger partial charge is 0.490 e. The molecule has 2 nitrogen and oxygen atoms in total. The number of ether oxygens (including phenoxy) is 1. The van der Waals surface area contributed by atoms with E-state index in [-0.39, 0.29) is 6.61 Å². The van der Waals surface area contributed by atoms with Gasteiger partial charge in [-0.05, 0) is 19.1 Å². The van der Waals surface area contributed by atoms with Gasteiger partial charge < -0.3 is 9.84 Å². The second-order valence-electron chi connectivity index (χ2n) is 2.90. The van der Waals surface area contributed by atoms with Crippen molar-refractivity contribution in [3.8, 4) is 5.75 Å². The lowest BCUT2D eigenvalue weighted by Crippen LogP contribution is -2.16. The van der Waals surface area contributed by atoms with Gasteiger partial charge in [0.05, 0.1) is 6.61 Å². The number of hydrogen-bond donors (Lipinski definition) is 1. The molecular weight excluding hydrogens is 171 g/mol. The molecule has 1 unspecified atom stereocenters. The van der Waals surface area contributed by atoms with Gasteiger partial charge in [-0.1, -0.05) is 17.7 Å². The van der Waals surface area contributed by atoms with Crippen LogP contribution in [0, 0.1) is 6.92 Å². The Labute approximate surface area is 77.0 Å². The van der Waals surface area contributed by atoms with E-state index < -0.39 is 12.8 Å². The van der Waals surface area contributed by atoms with Crippen LogP contribution in [0.3, 0.4) is 0 Å². The summed E-state index contributed by atoms with van der Waals surface area (Å²) in [5, 5.41) is 8.40. The molecule has 0 aliphatic heterocycles. The van der Waals surface area contributed by atoms with Gasteiger partial charge in [-0.2, -0.15) is 0 Å². The van der Waals surface area contributed by atoms with Crippen molar-refractivity contribution in [1.29, 1.82) is 0 Å². The lowest BCUT2D eigenvalue weighted by atomic mass is 10.2. The van der Waals surface area contributed by atoms with E-state index in [1.807, 2.05) is 19.1 Å². The summed E-state index contributed by atoms with van der Waals surface area (Å²) in [4.78, 5) is 0. The highest BCUT2D eigenvalue weighted by molar-refractivity contribution is 5.26. The fourth-order valence-electron chi connectivity index (χ4n) is 0.874. The third kappa shape index (κ3) is 3.42. The molecule has 0 bridgehead atoms. The molecule has 1 aromatic carbocycles. The zero-order valence-corrected chi connectivity index (χ0v) is 7.53. The van der Waals surface area contributed by atoms with E-state index in [2.05, 4.69) is 0 Å². The van der Waals surface area contributed by atoms with E-state index in [9.17, 15) is 4.39 Å². The summed E-state index contributed by atoms with van der Waals surface area (Å²) in [6, 6.07) is 7.34. The quantitative estimate of drug-likeness (QED) is 0.771. The maximum absolute atomic E-state index is 12.5. The molecule has 0 saturated carbocycles. The van der Waals surface area contributed by atoms with Crippen molar-refractivity contribution < 1.29 is 14.2 Å². The van der Waals surface area contributed by atoms with Crippen LogP contribution in [0.2, 0.25) is 0 Å². The van der Waals surface area contributed by atoms with Crippen molar-refractivity contribution in [2.45, 2.75) is 13.1 Å². The van der Waals surface area contributed by atoms with E-state index >= 15 is 0 Å². The molecule has 72 valence electrons. The van der Waals surface area contributed by atoms with Crippen LogP contribution in [-0.2, 0) is 0 Å². The number of aryl methyl sites for hydroxylation is 1. The predicted molar refractivity (Wildman–Crippen MR) is 48.7 cm³/mol. The second-order valence-corrected chi connectivity index (χ2v) is 2.90. The minimum Gasteiger partial charge on any atom is -0.490 e. The summed E-state index contributed by atoms with van der Waals surface area (Å²) in [5.41, 5.74) is 1.13. The van der Waals surface area contributed by atoms with Crippen molar-refractivity contribution in [1.82, 2.24) is 0 Å². The van der Waals surface area contributed by atoms with Crippen LogP contribution < -0.4 is 4.74 Å². The van der Waals surface area contributed by atoms with Crippen LogP contribution in [0.15, 0.2) is 24.3 Å². The van der Waals surface area contributed by atoms with Gasteiger partial charge in [0.15, 0.2) is 6.17 Å². The maximum Gasteiger partial charge on any atom is 0.157 e. The SMILES string of the molecule is Cc1ccc(OCC(F)CO)cc1. The highest BCUT2D eigenvalue weighted by Crippen LogP contribution is 2.11. The molecule has 0 heterocycles. The standard InChI is InChI=1S/C10H13FO2/c1-8-2-4-10(5-3-8)13-7-9(11)6-12/h2-5,9,12H,6-7H2,1H3. The molecule has 1 rings (SSSR count). The van der Waals surface area contributed by atoms with Gasteiger partial charge in [-0.3, -0.25) is 0 Å². The van der Waals surface area contributed by atoms with Crippen molar-refractivity contribution in [3.05, 3.63) is 29.8 Å². The Morgan fingerprint density at radius 3 is 2.54 bits per heavy atom. The van der Waals surface area contributed by atoms with E-state index in [4.69, 9.17) is 9.84 Å². The van der Waals surface area contributed by atoms with Crippen LogP contribution in [-0.4, -0.2) is 24.5 Å². The number of rotatable bonds is 4. The number of hydrogen-bond acceptors (Lipinski definition) is 2. The summed E-state index contributed by atoms with van der Waals surface area (Å²) in [7, 11) is 0. The molecule has 1 atom stereocenters. The fraction of sp³-hybridized carbons (Fsp3) is 0.400. The van der Waals surface area contributed by atoms with E-state index in [0.717, 1.165) is 5.56 Å². The first-order chi connectivity index (χ1) is 6.22. The van der Waals surface area contributed by atoms with Gasteiger partial charge >= 0.3 is 0 Å². The van der Waals surface area contributed by atoms with Crippen LogP contribution in [0.1, 0.15) is 5.56 Å². The molecule has 3 heteroatoms. The van der Waals surface area contributed by atoms with E-state index in [0.29, 0.717) is 5.75 Å². The fourth-order valence-corrected chi connectivity index (χ4v) is 0.874. The van der Waals surface area contributed by atoms with Crippen LogP contribution in [0.5, 0.6) is 5.75 Å². The lowest BCUT2D eigenvalue weighted by Gasteiger charge is -2.07. The monoisotopic (exact) mass is 184 g/mol. The maximum atomic E-state index is 12.5. The average Bonchev–Trinajstić information content (AvgIpc) is 2.16. The Morgan fingerprint density at radius 1 is 1.38 bits per heavy atom. The smallest absolute Gasteiger partial charge is 0.157 e. The Morgan fingerprint density at radius 2 is 2.00 bits per heavy atom. The highest BCUT2D eigenvalue weighted by atomic mass is 19.1. The third-order valence-corrected chi connectivity index (χ3v) is 1.65.